The van der Waals surface area contributed by atoms with Crippen LogP contribution in [0.2, 0.25) is 0 Å². The summed E-state index contributed by atoms with van der Waals surface area (Å²) in [6.07, 6.45) is 2.34. The van der Waals surface area contributed by atoms with Gasteiger partial charge in [-0.15, -0.1) is 0 Å². The molecule has 21 heavy (non-hydrogen) atoms. The summed E-state index contributed by atoms with van der Waals surface area (Å²) in [6.45, 7) is 6.76. The number of sulfone groups is 1. The first-order chi connectivity index (χ1) is 9.80. The second-order valence-electron chi connectivity index (χ2n) is 6.36. The quantitative estimate of drug-likeness (QED) is 0.918. The molecular weight excluding hydrogens is 284 g/mol. The van der Waals surface area contributed by atoms with Gasteiger partial charge in [0.25, 0.3) is 0 Å². The van der Waals surface area contributed by atoms with E-state index in [4.69, 9.17) is 0 Å². The molecule has 1 fully saturated rings. The van der Waals surface area contributed by atoms with Gasteiger partial charge >= 0.3 is 0 Å². The molecule has 1 saturated heterocycles. The Morgan fingerprint density at radius 3 is 2.62 bits per heavy atom. The van der Waals surface area contributed by atoms with Gasteiger partial charge in [-0.2, -0.15) is 0 Å². The Balaban J connectivity index is 2.17. The number of nitrogens with zero attached hydrogens (tertiary/aromatic N) is 1. The van der Waals surface area contributed by atoms with Crippen LogP contribution in [-0.4, -0.2) is 51.0 Å². The standard InChI is InChI=1S/C16H26N2O2S/c1-14-9-10-17-16(2,15-7-5-4-6-8-15)13-18(14)11-12-21(3,19)20/h4-8,14,17H,9-13H2,1-3H3. The lowest BCUT2D eigenvalue weighted by Crippen LogP contribution is -2.48. The van der Waals surface area contributed by atoms with Gasteiger partial charge in [-0.25, -0.2) is 8.42 Å². The minimum Gasteiger partial charge on any atom is -0.306 e. The topological polar surface area (TPSA) is 49.4 Å². The monoisotopic (exact) mass is 310 g/mol. The van der Waals surface area contributed by atoms with E-state index >= 15 is 0 Å². The highest BCUT2D eigenvalue weighted by molar-refractivity contribution is 7.90. The molecule has 0 bridgehead atoms. The van der Waals surface area contributed by atoms with Gasteiger partial charge in [0.05, 0.1) is 11.3 Å². The van der Waals surface area contributed by atoms with E-state index in [0.717, 1.165) is 19.5 Å². The molecule has 118 valence electrons. The Hall–Kier alpha value is -0.910. The SMILES string of the molecule is CC1CCNC(C)(c2ccccc2)CN1CCS(C)(=O)=O. The van der Waals surface area contributed by atoms with Gasteiger partial charge in [0.15, 0.2) is 0 Å². The molecule has 1 N–H and O–H groups in total. The predicted octanol–water partition coefficient (Wildman–Crippen LogP) is 1.63. The maximum atomic E-state index is 11.5. The number of nitrogens with one attached hydrogen (secondary N) is 1. The van der Waals surface area contributed by atoms with E-state index in [0.29, 0.717) is 12.6 Å². The number of rotatable bonds is 4. The summed E-state index contributed by atoms with van der Waals surface area (Å²) in [5, 5.41) is 3.64. The van der Waals surface area contributed by atoms with E-state index in [1.54, 1.807) is 0 Å². The average molecular weight is 310 g/mol. The highest BCUT2D eigenvalue weighted by Gasteiger charge is 2.33. The Kier molecular flexibility index (Phi) is 5.07. The van der Waals surface area contributed by atoms with E-state index < -0.39 is 9.84 Å². The van der Waals surface area contributed by atoms with Crippen molar-refractivity contribution in [3.05, 3.63) is 35.9 Å². The Morgan fingerprint density at radius 2 is 2.00 bits per heavy atom. The number of hydrogen-bond donors (Lipinski definition) is 1. The van der Waals surface area contributed by atoms with E-state index in [9.17, 15) is 8.42 Å². The van der Waals surface area contributed by atoms with Crippen molar-refractivity contribution in [1.82, 2.24) is 10.2 Å². The van der Waals surface area contributed by atoms with Crippen LogP contribution in [0.5, 0.6) is 0 Å². The molecule has 0 radical (unpaired) electrons. The minimum absolute atomic E-state index is 0.135. The van der Waals surface area contributed by atoms with Gasteiger partial charge in [-0.05, 0) is 32.4 Å². The molecule has 2 rings (SSSR count). The summed E-state index contributed by atoms with van der Waals surface area (Å²) in [5.41, 5.74) is 1.12. The van der Waals surface area contributed by atoms with Gasteiger partial charge in [-0.1, -0.05) is 30.3 Å². The van der Waals surface area contributed by atoms with Gasteiger partial charge in [0.1, 0.15) is 9.84 Å². The van der Waals surface area contributed by atoms with Gasteiger partial charge in [-0.3, -0.25) is 4.90 Å². The van der Waals surface area contributed by atoms with E-state index in [2.05, 4.69) is 48.3 Å². The molecular formula is C16H26N2O2S. The summed E-state index contributed by atoms with van der Waals surface area (Å²) in [6, 6.07) is 10.8. The fraction of sp³-hybridized carbons (Fsp3) is 0.625. The Morgan fingerprint density at radius 1 is 1.33 bits per heavy atom. The summed E-state index contributed by atoms with van der Waals surface area (Å²) in [5.74, 6) is 0.224. The average Bonchev–Trinajstić information content (AvgIpc) is 2.57. The molecule has 0 aromatic heterocycles. The molecule has 0 spiro atoms. The van der Waals surface area contributed by atoms with E-state index in [1.165, 1.54) is 11.8 Å². The molecule has 1 aliphatic rings. The molecule has 2 unspecified atom stereocenters. The van der Waals surface area contributed by atoms with Gasteiger partial charge in [0.2, 0.25) is 0 Å². The summed E-state index contributed by atoms with van der Waals surface area (Å²) >= 11 is 0. The molecule has 0 aliphatic carbocycles. The highest BCUT2D eigenvalue weighted by Crippen LogP contribution is 2.25. The van der Waals surface area contributed by atoms with Crippen molar-refractivity contribution in [2.45, 2.75) is 31.8 Å². The fourth-order valence-electron chi connectivity index (χ4n) is 2.94. The normalized spacial score (nSPS) is 28.2. The van der Waals surface area contributed by atoms with Crippen LogP contribution in [0.1, 0.15) is 25.8 Å². The van der Waals surface area contributed by atoms with Crippen molar-refractivity contribution in [2.24, 2.45) is 0 Å². The molecule has 4 nitrogen and oxygen atoms in total. The van der Waals surface area contributed by atoms with Crippen LogP contribution in [0, 0.1) is 0 Å². The van der Waals surface area contributed by atoms with Crippen LogP contribution in [0.25, 0.3) is 0 Å². The molecule has 0 amide bonds. The Bertz CT molecular complexity index is 559. The van der Waals surface area contributed by atoms with Gasteiger partial charge < -0.3 is 5.32 Å². The van der Waals surface area contributed by atoms with Crippen LogP contribution >= 0.6 is 0 Å². The van der Waals surface area contributed by atoms with Crippen LogP contribution in [0.15, 0.2) is 30.3 Å². The summed E-state index contributed by atoms with van der Waals surface area (Å²) in [4.78, 5) is 2.30. The highest BCUT2D eigenvalue weighted by atomic mass is 32.2. The lowest BCUT2D eigenvalue weighted by molar-refractivity contribution is 0.184. The van der Waals surface area contributed by atoms with Crippen LogP contribution in [0.3, 0.4) is 0 Å². The lowest BCUT2D eigenvalue weighted by Gasteiger charge is -2.36. The Labute approximate surface area is 128 Å². The molecule has 5 heteroatoms. The zero-order chi connectivity index (χ0) is 15.5. The zero-order valence-corrected chi connectivity index (χ0v) is 14.0. The summed E-state index contributed by atoms with van der Waals surface area (Å²) < 4.78 is 22.9. The maximum Gasteiger partial charge on any atom is 0.148 e. The van der Waals surface area contributed by atoms with Gasteiger partial charge in [0, 0.05) is 25.4 Å². The maximum absolute atomic E-state index is 11.5. The van der Waals surface area contributed by atoms with Crippen molar-refractivity contribution in [3.8, 4) is 0 Å². The van der Waals surface area contributed by atoms with E-state index in [1.807, 2.05) is 6.07 Å². The third-order valence-electron chi connectivity index (χ3n) is 4.38. The smallest absolute Gasteiger partial charge is 0.148 e. The van der Waals surface area contributed by atoms with E-state index in [-0.39, 0.29) is 11.3 Å². The van der Waals surface area contributed by atoms with Crippen molar-refractivity contribution in [1.29, 1.82) is 0 Å². The largest absolute Gasteiger partial charge is 0.306 e. The minimum atomic E-state index is -2.92. The van der Waals surface area contributed by atoms with Crippen molar-refractivity contribution in [2.75, 3.05) is 31.6 Å². The van der Waals surface area contributed by atoms with Crippen LogP contribution in [-0.2, 0) is 15.4 Å². The molecule has 2 atom stereocenters. The summed E-state index contributed by atoms with van der Waals surface area (Å²) in [7, 11) is -2.92. The molecule has 1 aromatic rings. The molecule has 1 aliphatic heterocycles. The molecule has 1 heterocycles. The third-order valence-corrected chi connectivity index (χ3v) is 5.30. The lowest BCUT2D eigenvalue weighted by atomic mass is 9.91. The van der Waals surface area contributed by atoms with Crippen molar-refractivity contribution < 1.29 is 8.42 Å². The van der Waals surface area contributed by atoms with Crippen LogP contribution < -0.4 is 5.32 Å². The predicted molar refractivity (Wildman–Crippen MR) is 87.2 cm³/mol. The fourth-order valence-corrected chi connectivity index (χ4v) is 3.51. The second kappa shape index (κ2) is 6.46. The first kappa shape index (κ1) is 16.5. The van der Waals surface area contributed by atoms with Crippen molar-refractivity contribution >= 4 is 9.84 Å². The second-order valence-corrected chi connectivity index (χ2v) is 8.62. The molecule has 0 saturated carbocycles. The first-order valence-electron chi connectivity index (χ1n) is 7.52. The van der Waals surface area contributed by atoms with Crippen molar-refractivity contribution in [3.63, 3.8) is 0 Å². The number of hydrogen-bond acceptors (Lipinski definition) is 4. The third kappa shape index (κ3) is 4.53. The molecule has 1 aromatic carbocycles. The van der Waals surface area contributed by atoms with Crippen LogP contribution in [0.4, 0.5) is 0 Å². The number of benzene rings is 1. The zero-order valence-electron chi connectivity index (χ0n) is 13.2. The first-order valence-corrected chi connectivity index (χ1v) is 9.58.